The minimum atomic E-state index is -0.533. The van der Waals surface area contributed by atoms with Gasteiger partial charge in [-0.05, 0) is 42.5 Å². The van der Waals surface area contributed by atoms with Gasteiger partial charge in [0.1, 0.15) is 17.3 Å². The highest BCUT2D eigenvalue weighted by Gasteiger charge is 2.13. The number of ether oxygens (including phenoxy) is 1. The third-order valence-electron chi connectivity index (χ3n) is 3.62. The predicted octanol–water partition coefficient (Wildman–Crippen LogP) is 4.69. The quantitative estimate of drug-likeness (QED) is 0.330. The molecule has 0 radical (unpaired) electrons. The van der Waals surface area contributed by atoms with E-state index in [4.69, 9.17) is 32.4 Å². The standard InChI is InChI=1S/C19H13Cl2N3O5/c20-12-1-4-14(5-2-12)28-11-19(25)23-22-10-15-6-8-18(29-15)16-7-3-13(24(26)27)9-17(16)21/h1-10H,11H2,(H,23,25)/b22-10+. The number of carbonyl (C=O) groups is 1. The Morgan fingerprint density at radius 1 is 1.17 bits per heavy atom. The van der Waals surface area contributed by atoms with Crippen molar-refractivity contribution in [3.05, 3.63) is 80.5 Å². The van der Waals surface area contributed by atoms with Crippen molar-refractivity contribution < 1.29 is 18.9 Å². The van der Waals surface area contributed by atoms with E-state index in [0.29, 0.717) is 27.9 Å². The highest BCUT2D eigenvalue weighted by atomic mass is 35.5. The van der Waals surface area contributed by atoms with Crippen molar-refractivity contribution in [1.29, 1.82) is 0 Å². The largest absolute Gasteiger partial charge is 0.484 e. The van der Waals surface area contributed by atoms with Crippen molar-refractivity contribution in [3.8, 4) is 17.1 Å². The number of hydrogen-bond donors (Lipinski definition) is 1. The average Bonchev–Trinajstić information content (AvgIpc) is 3.16. The summed E-state index contributed by atoms with van der Waals surface area (Å²) in [5.74, 6) is 0.808. The number of rotatable bonds is 7. The van der Waals surface area contributed by atoms with Gasteiger partial charge in [-0.15, -0.1) is 0 Å². The monoisotopic (exact) mass is 433 g/mol. The second-order valence-corrected chi connectivity index (χ2v) is 6.50. The molecular weight excluding hydrogens is 421 g/mol. The Labute approximate surface area is 174 Å². The average molecular weight is 434 g/mol. The highest BCUT2D eigenvalue weighted by molar-refractivity contribution is 6.33. The summed E-state index contributed by atoms with van der Waals surface area (Å²) in [5, 5.41) is 15.3. The summed E-state index contributed by atoms with van der Waals surface area (Å²) in [7, 11) is 0. The van der Waals surface area contributed by atoms with Crippen LogP contribution in [0.5, 0.6) is 5.75 Å². The molecule has 10 heteroatoms. The fourth-order valence-corrected chi connectivity index (χ4v) is 2.66. The first kappa shape index (κ1) is 20.4. The number of amides is 1. The van der Waals surface area contributed by atoms with Gasteiger partial charge in [-0.25, -0.2) is 5.43 Å². The molecule has 1 N–H and O–H groups in total. The van der Waals surface area contributed by atoms with Gasteiger partial charge >= 0.3 is 0 Å². The number of benzene rings is 2. The topological polar surface area (TPSA) is 107 Å². The molecule has 1 amide bonds. The molecule has 0 aliphatic rings. The molecule has 3 rings (SSSR count). The molecule has 0 aliphatic heterocycles. The molecule has 3 aromatic rings. The Bertz CT molecular complexity index is 1060. The van der Waals surface area contributed by atoms with E-state index in [9.17, 15) is 14.9 Å². The van der Waals surface area contributed by atoms with E-state index in [1.165, 1.54) is 24.4 Å². The molecule has 0 fully saturated rings. The Hall–Kier alpha value is -3.36. The smallest absolute Gasteiger partial charge is 0.277 e. The molecule has 2 aromatic carbocycles. The van der Waals surface area contributed by atoms with Crippen molar-refractivity contribution in [1.82, 2.24) is 5.43 Å². The maximum absolute atomic E-state index is 11.8. The molecule has 0 bridgehead atoms. The minimum absolute atomic E-state index is 0.115. The summed E-state index contributed by atoms with van der Waals surface area (Å²) in [4.78, 5) is 22.0. The second kappa shape index (κ2) is 9.22. The molecule has 0 saturated carbocycles. The van der Waals surface area contributed by atoms with Gasteiger partial charge in [0, 0.05) is 22.7 Å². The van der Waals surface area contributed by atoms with Crippen LogP contribution in [0.1, 0.15) is 5.76 Å². The van der Waals surface area contributed by atoms with Gasteiger partial charge in [0.15, 0.2) is 6.61 Å². The Morgan fingerprint density at radius 2 is 1.93 bits per heavy atom. The van der Waals surface area contributed by atoms with Crippen LogP contribution in [0.15, 0.2) is 64.1 Å². The number of hydrogen-bond acceptors (Lipinski definition) is 6. The number of nitro benzene ring substituents is 1. The number of carbonyl (C=O) groups excluding carboxylic acids is 1. The number of nitrogens with one attached hydrogen (secondary N) is 1. The molecular formula is C19H13Cl2N3O5. The number of furan rings is 1. The van der Waals surface area contributed by atoms with Crippen LogP contribution < -0.4 is 10.2 Å². The van der Waals surface area contributed by atoms with E-state index in [1.807, 2.05) is 0 Å². The fourth-order valence-electron chi connectivity index (χ4n) is 2.26. The zero-order valence-corrected chi connectivity index (χ0v) is 16.2. The van der Waals surface area contributed by atoms with Gasteiger partial charge in [-0.3, -0.25) is 14.9 Å². The molecule has 1 aromatic heterocycles. The number of non-ortho nitro benzene ring substituents is 1. The lowest BCUT2D eigenvalue weighted by atomic mass is 10.1. The lowest BCUT2D eigenvalue weighted by molar-refractivity contribution is -0.384. The van der Waals surface area contributed by atoms with Gasteiger partial charge in [0.05, 0.1) is 16.2 Å². The van der Waals surface area contributed by atoms with E-state index in [-0.39, 0.29) is 17.3 Å². The summed E-state index contributed by atoms with van der Waals surface area (Å²) in [5.41, 5.74) is 2.69. The third kappa shape index (κ3) is 5.56. The molecule has 148 valence electrons. The summed E-state index contributed by atoms with van der Waals surface area (Å²) >= 11 is 11.9. The van der Waals surface area contributed by atoms with Crippen LogP contribution in [-0.4, -0.2) is 23.7 Å². The van der Waals surface area contributed by atoms with E-state index in [1.54, 1.807) is 36.4 Å². The van der Waals surface area contributed by atoms with Gasteiger partial charge < -0.3 is 9.15 Å². The normalized spacial score (nSPS) is 10.8. The molecule has 0 aliphatic carbocycles. The van der Waals surface area contributed by atoms with Gasteiger partial charge in [0.2, 0.25) is 0 Å². The van der Waals surface area contributed by atoms with Crippen LogP contribution in [-0.2, 0) is 4.79 Å². The van der Waals surface area contributed by atoms with Gasteiger partial charge in [0.25, 0.3) is 11.6 Å². The lowest BCUT2D eigenvalue weighted by Crippen LogP contribution is -2.24. The molecule has 0 spiro atoms. The Kier molecular flexibility index (Phi) is 6.48. The van der Waals surface area contributed by atoms with Crippen LogP contribution in [0, 0.1) is 10.1 Å². The summed E-state index contributed by atoms with van der Waals surface area (Å²) < 4.78 is 10.9. The fraction of sp³-hybridized carbons (Fsp3) is 0.0526. The SMILES string of the molecule is O=C(COc1ccc(Cl)cc1)N/N=C/c1ccc(-c2ccc([N+](=O)[O-])cc2Cl)o1. The number of hydrazone groups is 1. The molecule has 0 atom stereocenters. The molecule has 1 heterocycles. The zero-order chi connectivity index (χ0) is 20.8. The first-order valence-electron chi connectivity index (χ1n) is 8.17. The maximum atomic E-state index is 11.8. The number of nitrogens with zero attached hydrogens (tertiary/aromatic N) is 2. The summed E-state index contributed by atoms with van der Waals surface area (Å²) in [6.45, 7) is -0.221. The van der Waals surface area contributed by atoms with Crippen molar-refractivity contribution in [2.75, 3.05) is 6.61 Å². The Balaban J connectivity index is 1.55. The third-order valence-corrected chi connectivity index (χ3v) is 4.19. The van der Waals surface area contributed by atoms with Crippen LogP contribution in [0.2, 0.25) is 10.0 Å². The summed E-state index contributed by atoms with van der Waals surface area (Å²) in [6, 6.07) is 13.9. The Morgan fingerprint density at radius 3 is 2.62 bits per heavy atom. The van der Waals surface area contributed by atoms with E-state index in [2.05, 4.69) is 10.5 Å². The van der Waals surface area contributed by atoms with E-state index >= 15 is 0 Å². The summed E-state index contributed by atoms with van der Waals surface area (Å²) in [6.07, 6.45) is 1.31. The van der Waals surface area contributed by atoms with Crippen molar-refractivity contribution in [2.24, 2.45) is 5.10 Å². The van der Waals surface area contributed by atoms with Gasteiger partial charge in [-0.2, -0.15) is 5.10 Å². The lowest BCUT2D eigenvalue weighted by Gasteiger charge is -2.04. The van der Waals surface area contributed by atoms with Crippen LogP contribution >= 0.6 is 23.2 Å². The minimum Gasteiger partial charge on any atom is -0.484 e. The molecule has 8 nitrogen and oxygen atoms in total. The molecule has 0 unspecified atom stereocenters. The first-order valence-corrected chi connectivity index (χ1v) is 8.92. The van der Waals surface area contributed by atoms with Crippen molar-refractivity contribution in [3.63, 3.8) is 0 Å². The molecule has 0 saturated heterocycles. The second-order valence-electron chi connectivity index (χ2n) is 5.66. The van der Waals surface area contributed by atoms with E-state index in [0.717, 1.165) is 0 Å². The van der Waals surface area contributed by atoms with E-state index < -0.39 is 10.8 Å². The van der Waals surface area contributed by atoms with Crippen molar-refractivity contribution in [2.45, 2.75) is 0 Å². The number of halogens is 2. The molecule has 29 heavy (non-hydrogen) atoms. The van der Waals surface area contributed by atoms with Crippen LogP contribution in [0.25, 0.3) is 11.3 Å². The first-order chi connectivity index (χ1) is 13.9. The zero-order valence-electron chi connectivity index (χ0n) is 14.7. The maximum Gasteiger partial charge on any atom is 0.277 e. The predicted molar refractivity (Wildman–Crippen MR) is 108 cm³/mol. The highest BCUT2D eigenvalue weighted by Crippen LogP contribution is 2.32. The number of nitro groups is 1. The van der Waals surface area contributed by atoms with Crippen molar-refractivity contribution >= 4 is 41.0 Å². The van der Waals surface area contributed by atoms with Crippen LogP contribution in [0.3, 0.4) is 0 Å². The van der Waals surface area contributed by atoms with Gasteiger partial charge in [-0.1, -0.05) is 23.2 Å². The van der Waals surface area contributed by atoms with Crippen LogP contribution in [0.4, 0.5) is 5.69 Å².